The number of sulfonamides is 1. The van der Waals surface area contributed by atoms with E-state index in [4.69, 9.17) is 4.74 Å². The van der Waals surface area contributed by atoms with E-state index in [0.29, 0.717) is 25.9 Å². The van der Waals surface area contributed by atoms with E-state index in [1.165, 1.54) is 4.31 Å². The first-order valence-corrected chi connectivity index (χ1v) is 12.8. The third kappa shape index (κ3) is 5.61. The minimum atomic E-state index is -3.71. The Hall–Kier alpha value is -2.74. The van der Waals surface area contributed by atoms with Crippen LogP contribution in [0.15, 0.2) is 78.0 Å². The Morgan fingerprint density at radius 3 is 2.48 bits per heavy atom. The van der Waals surface area contributed by atoms with Crippen molar-refractivity contribution in [3.05, 3.63) is 78.6 Å². The smallest absolute Gasteiger partial charge is 0.246 e. The van der Waals surface area contributed by atoms with Gasteiger partial charge in [-0.2, -0.15) is 4.31 Å². The highest BCUT2D eigenvalue weighted by molar-refractivity contribution is 7.89. The number of ether oxygens (including phenoxy) is 1. The fourth-order valence-electron chi connectivity index (χ4n) is 4.06. The monoisotopic (exact) mass is 466 g/mol. The van der Waals surface area contributed by atoms with Gasteiger partial charge < -0.3 is 9.84 Å². The summed E-state index contributed by atoms with van der Waals surface area (Å²) in [5, 5.41) is 10.7. The third-order valence-electron chi connectivity index (χ3n) is 6.04. The van der Waals surface area contributed by atoms with Gasteiger partial charge in [0.1, 0.15) is 16.7 Å². The van der Waals surface area contributed by atoms with E-state index in [2.05, 4.69) is 4.98 Å². The van der Waals surface area contributed by atoms with E-state index >= 15 is 0 Å². The van der Waals surface area contributed by atoms with Gasteiger partial charge >= 0.3 is 0 Å². The molecular weight excluding hydrogens is 436 g/mol. The maximum Gasteiger partial charge on any atom is 0.246 e. The first kappa shape index (κ1) is 23.4. The molecule has 4 rings (SSSR count). The van der Waals surface area contributed by atoms with Gasteiger partial charge in [0.15, 0.2) is 0 Å². The van der Waals surface area contributed by atoms with Crippen LogP contribution in [0.3, 0.4) is 0 Å². The molecule has 33 heavy (non-hydrogen) atoms. The molecule has 7 heteroatoms. The van der Waals surface area contributed by atoms with Crippen LogP contribution in [0.5, 0.6) is 5.75 Å². The Morgan fingerprint density at radius 2 is 1.79 bits per heavy atom. The number of aryl methyl sites for hydroxylation is 1. The highest BCUT2D eigenvalue weighted by Crippen LogP contribution is 2.34. The zero-order valence-electron chi connectivity index (χ0n) is 18.8. The van der Waals surface area contributed by atoms with E-state index in [-0.39, 0.29) is 10.6 Å². The van der Waals surface area contributed by atoms with Crippen molar-refractivity contribution in [3.8, 4) is 16.9 Å². The molecule has 1 N–H and O–H groups in total. The zero-order chi connectivity index (χ0) is 23.3. The predicted octanol–water partition coefficient (Wildman–Crippen LogP) is 4.29. The number of rotatable bonds is 9. The summed E-state index contributed by atoms with van der Waals surface area (Å²) in [4.78, 5) is 4.25. The molecule has 0 aliphatic carbocycles. The number of hydrogen-bond donors (Lipinski definition) is 1. The molecule has 1 fully saturated rings. The lowest BCUT2D eigenvalue weighted by molar-refractivity contribution is 0.0403. The summed E-state index contributed by atoms with van der Waals surface area (Å²) in [6.07, 6.45) is 5.04. The fraction of sp³-hybridized carbons (Fsp3) is 0.346. The van der Waals surface area contributed by atoms with Crippen molar-refractivity contribution in [2.75, 3.05) is 13.1 Å². The molecule has 1 saturated heterocycles. The molecule has 2 unspecified atom stereocenters. The second-order valence-electron chi connectivity index (χ2n) is 8.43. The molecule has 0 saturated carbocycles. The van der Waals surface area contributed by atoms with Crippen LogP contribution < -0.4 is 4.74 Å². The number of nitrogens with zero attached hydrogens (tertiary/aromatic N) is 2. The molecule has 1 aliphatic rings. The zero-order valence-corrected chi connectivity index (χ0v) is 19.6. The minimum absolute atomic E-state index is 0.150. The van der Waals surface area contributed by atoms with Gasteiger partial charge in [0.2, 0.25) is 10.0 Å². The van der Waals surface area contributed by atoms with E-state index in [1.54, 1.807) is 31.5 Å². The van der Waals surface area contributed by atoms with E-state index in [1.807, 2.05) is 48.5 Å². The van der Waals surface area contributed by atoms with Crippen LogP contribution in [0.25, 0.3) is 11.1 Å². The molecule has 0 radical (unpaired) electrons. The molecule has 0 spiro atoms. The molecule has 1 aromatic heterocycles. The number of aliphatic hydroxyl groups excluding tert-OH is 1. The minimum Gasteiger partial charge on any atom is -0.487 e. The average molecular weight is 467 g/mol. The molecule has 6 nitrogen and oxygen atoms in total. The standard InChI is InChI=1S/C26H30N2O4S/c1-20(24(29)13-11-21-8-7-15-27-19-21)32-25-14-12-23(22-9-3-2-4-10-22)18-26(25)33(30,31)28-16-5-6-17-28/h2-4,7-10,12,14-15,18-20,24,29H,5-6,11,13,16-17H2,1H3. The molecule has 0 bridgehead atoms. The first-order valence-electron chi connectivity index (χ1n) is 11.4. The number of aliphatic hydroxyl groups is 1. The summed E-state index contributed by atoms with van der Waals surface area (Å²) in [7, 11) is -3.71. The van der Waals surface area contributed by atoms with Gasteiger partial charge in [0, 0.05) is 25.5 Å². The summed E-state index contributed by atoms with van der Waals surface area (Å²) < 4.78 is 34.5. The SMILES string of the molecule is CC(Oc1ccc(-c2ccccc2)cc1S(=O)(=O)N1CCCC1)C(O)CCc1cccnc1. The van der Waals surface area contributed by atoms with Crippen LogP contribution in [-0.4, -0.2) is 48.1 Å². The van der Waals surface area contributed by atoms with Crippen LogP contribution in [-0.2, 0) is 16.4 Å². The van der Waals surface area contributed by atoms with Crippen molar-refractivity contribution in [1.29, 1.82) is 0 Å². The molecule has 2 atom stereocenters. The highest BCUT2D eigenvalue weighted by Gasteiger charge is 2.31. The summed E-state index contributed by atoms with van der Waals surface area (Å²) in [6.45, 7) is 2.80. The van der Waals surface area contributed by atoms with Crippen LogP contribution in [0.2, 0.25) is 0 Å². The third-order valence-corrected chi connectivity index (χ3v) is 7.96. The van der Waals surface area contributed by atoms with Gasteiger partial charge in [-0.05, 0) is 67.5 Å². The summed E-state index contributed by atoms with van der Waals surface area (Å²) in [5.74, 6) is 0.273. The molecular formula is C26H30N2O4S. The highest BCUT2D eigenvalue weighted by atomic mass is 32.2. The summed E-state index contributed by atoms with van der Waals surface area (Å²) >= 11 is 0. The molecule has 2 heterocycles. The van der Waals surface area contributed by atoms with Crippen LogP contribution >= 0.6 is 0 Å². The Morgan fingerprint density at radius 1 is 1.03 bits per heavy atom. The Kier molecular flexibility index (Phi) is 7.42. The van der Waals surface area contributed by atoms with Crippen molar-refractivity contribution in [1.82, 2.24) is 9.29 Å². The van der Waals surface area contributed by atoms with Gasteiger partial charge in [0.05, 0.1) is 6.10 Å². The quantitative estimate of drug-likeness (QED) is 0.509. The first-order chi connectivity index (χ1) is 15.9. The summed E-state index contributed by atoms with van der Waals surface area (Å²) in [6, 6.07) is 18.8. The van der Waals surface area contributed by atoms with Gasteiger partial charge in [-0.25, -0.2) is 8.42 Å². The van der Waals surface area contributed by atoms with Crippen LogP contribution in [0.4, 0.5) is 0 Å². The van der Waals surface area contributed by atoms with Gasteiger partial charge in [-0.3, -0.25) is 4.98 Å². The second kappa shape index (κ2) is 10.5. The molecule has 3 aromatic rings. The Labute approximate surface area is 195 Å². The maximum atomic E-state index is 13.5. The lowest BCUT2D eigenvalue weighted by atomic mass is 10.0. The van der Waals surface area contributed by atoms with Crippen molar-refractivity contribution in [2.45, 2.75) is 49.7 Å². The molecule has 174 valence electrons. The van der Waals surface area contributed by atoms with E-state index in [0.717, 1.165) is 29.5 Å². The predicted molar refractivity (Wildman–Crippen MR) is 129 cm³/mol. The number of benzene rings is 2. The molecule has 2 aromatic carbocycles. The fourth-order valence-corrected chi connectivity index (χ4v) is 5.72. The summed E-state index contributed by atoms with van der Waals surface area (Å²) in [5.41, 5.74) is 2.78. The van der Waals surface area contributed by atoms with E-state index < -0.39 is 22.2 Å². The number of aromatic nitrogens is 1. The molecule has 0 amide bonds. The second-order valence-corrected chi connectivity index (χ2v) is 10.3. The van der Waals surface area contributed by atoms with Crippen molar-refractivity contribution < 1.29 is 18.3 Å². The Balaban J connectivity index is 1.58. The van der Waals surface area contributed by atoms with Crippen LogP contribution in [0, 0.1) is 0 Å². The van der Waals surface area contributed by atoms with Crippen molar-refractivity contribution >= 4 is 10.0 Å². The topological polar surface area (TPSA) is 79.7 Å². The lowest BCUT2D eigenvalue weighted by Crippen LogP contribution is -2.31. The van der Waals surface area contributed by atoms with Gasteiger partial charge in [0.25, 0.3) is 0 Å². The maximum absolute atomic E-state index is 13.5. The van der Waals surface area contributed by atoms with Crippen molar-refractivity contribution in [3.63, 3.8) is 0 Å². The van der Waals surface area contributed by atoms with Crippen molar-refractivity contribution in [2.24, 2.45) is 0 Å². The lowest BCUT2D eigenvalue weighted by Gasteiger charge is -2.24. The van der Waals surface area contributed by atoms with Gasteiger partial charge in [-0.1, -0.05) is 42.5 Å². The normalized spacial score (nSPS) is 16.4. The average Bonchev–Trinajstić information content (AvgIpc) is 3.40. The number of hydrogen-bond acceptors (Lipinski definition) is 5. The number of pyridine rings is 1. The van der Waals surface area contributed by atoms with Crippen LogP contribution in [0.1, 0.15) is 31.7 Å². The Bertz CT molecular complexity index is 1150. The van der Waals surface area contributed by atoms with E-state index in [9.17, 15) is 13.5 Å². The largest absolute Gasteiger partial charge is 0.487 e. The molecule has 1 aliphatic heterocycles. The van der Waals surface area contributed by atoms with Gasteiger partial charge in [-0.15, -0.1) is 0 Å².